The number of rotatable bonds is 80. The molecule has 8 rings (SSSR count). The minimum absolute atomic E-state index is 0.612. The van der Waals surface area contributed by atoms with E-state index in [4.69, 9.17) is 0 Å². The van der Waals surface area contributed by atoms with Gasteiger partial charge in [-0.3, -0.25) is 0 Å². The Morgan fingerprint density at radius 3 is 0.338 bits per heavy atom. The van der Waals surface area contributed by atoms with E-state index in [0.29, 0.717) is 47.3 Å². The molecule has 0 aromatic heterocycles. The summed E-state index contributed by atoms with van der Waals surface area (Å²) in [6.07, 6.45) is 103. The Balaban J connectivity index is 1.15. The maximum atomic E-state index is 4.29. The molecule has 8 nitrogen and oxygen atoms in total. The maximum absolute atomic E-state index is 4.29. The Hall–Kier alpha value is -1.66. The molecule has 0 aromatic rings. The molecule has 0 radical (unpaired) electrons. The number of hydrogen-bond donors (Lipinski definition) is 8. The van der Waals surface area contributed by atoms with Crippen LogP contribution in [0.4, 0.5) is 0 Å². The number of allylic oxidation sites excluding steroid dienone is 32. The summed E-state index contributed by atoms with van der Waals surface area (Å²) >= 11 is 0. The van der Waals surface area contributed by atoms with Gasteiger partial charge in [0.25, 0.3) is 0 Å². The van der Waals surface area contributed by atoms with Crippen LogP contribution in [0.3, 0.4) is 0 Å². The highest BCUT2D eigenvalue weighted by Crippen LogP contribution is 2.44. The van der Waals surface area contributed by atoms with Gasteiger partial charge in [0.05, 0.1) is 40.4 Å². The third-order valence-electron chi connectivity index (χ3n) is 33.9. The Bertz CT molecular complexity index is 3040. The van der Waals surface area contributed by atoms with Crippen molar-refractivity contribution in [3.05, 3.63) is 194 Å². The third kappa shape index (κ3) is 50.4. The van der Waals surface area contributed by atoms with Crippen molar-refractivity contribution in [3.63, 3.8) is 0 Å². The smallest absolute Gasteiger partial charge is 0.119 e. The molecule has 0 aliphatic heterocycles. The predicted octanol–water partition coefficient (Wildman–Crippen LogP) is 31.8. The highest BCUT2D eigenvalue weighted by Gasteiger charge is 2.41. The normalized spacial score (nSPS) is 17.7. The van der Waals surface area contributed by atoms with Crippen molar-refractivity contribution in [3.8, 4) is 0 Å². The van der Waals surface area contributed by atoms with E-state index in [1.807, 2.05) is 0 Å². The fourth-order valence-electron chi connectivity index (χ4n) is 24.2. The Kier molecular flexibility index (Phi) is 51.7. The minimum Gasteiger partial charge on any atom is -0.337 e. The van der Waals surface area contributed by atoms with E-state index >= 15 is 0 Å². The molecule has 752 valence electrons. The summed E-state index contributed by atoms with van der Waals surface area (Å²) in [5.74, 6) is 4.89. The Labute approximate surface area is 837 Å². The SMILES string of the molecule is C[Si](CCC[Si](CCC[Si](C)(CCC[Si](C)(C)NCCC1C=CC=C1)CCC[Si](C)(C)NCCC1C=CC=C1)(CCC[Si](C)(CCC[Si](C)(C)NCCC1C=CC=C1)CCC[Si](C)(C)NCCC1C=CC=C1)CCC[Si](C)(CCC[Si](C)(C)NCCC1C=CC=C1)CCC[Si](C)(C)NCCC1C=CC=C1)(CCC[Si](C)(C)NCCC1C=CC=C1)CCC[Si](C)(C)NCCC1C=CC=C1. The van der Waals surface area contributed by atoms with Crippen LogP contribution in [-0.2, 0) is 0 Å². The largest absolute Gasteiger partial charge is 0.337 e. The molecule has 8 aliphatic rings. The molecule has 21 heteroatoms. The summed E-state index contributed by atoms with van der Waals surface area (Å²) in [5.41, 5.74) is 0. The Morgan fingerprint density at radius 1 is 0.135 bits per heavy atom. The first-order chi connectivity index (χ1) is 63.1. The molecule has 8 aliphatic carbocycles. The van der Waals surface area contributed by atoms with Crippen molar-refractivity contribution >= 4 is 106 Å². The van der Waals surface area contributed by atoms with Crippen molar-refractivity contribution in [2.75, 3.05) is 52.4 Å². The fourth-order valence-corrected chi connectivity index (χ4v) is 65.4. The van der Waals surface area contributed by atoms with Crippen molar-refractivity contribution in [1.29, 1.82) is 0 Å². The first-order valence-electron chi connectivity index (χ1n) is 55.9. The predicted molar refractivity (Wildman–Crippen MR) is 638 cm³/mol. The molecule has 133 heavy (non-hydrogen) atoms. The molecule has 8 N–H and O–H groups in total. The molecule has 0 saturated carbocycles. The molecule has 0 unspecified atom stereocenters. The molecular weight excluding hydrogens is 1820 g/mol. The minimum atomic E-state index is -1.91. The molecule has 0 saturated heterocycles. The van der Waals surface area contributed by atoms with Crippen LogP contribution in [0, 0.1) is 47.3 Å². The first kappa shape index (κ1) is 117. The standard InChI is InChI=1S/C112H212N8Si13/c1-121(2,113-73-65-105-49-21-22-50-105)81-37-89-129(17,90-38-82-122(3,4)114-74-66-106-51-23-24-52-106)97-45-101-133(102-46-98-130(18,91-39-83-123(5,6)115-75-67-107-53-25-26-54-107)92-40-84-124(7,8)116-76-68-108-55-27-28-56-108,103-47-99-131(19,93-41-85-125(9,10)117-77-69-109-57-29-30-58-109)94-42-86-126(11,12)118-78-70-110-59-31-32-60-110)104-48-100-132(20,95-43-87-127(13,14)119-79-71-111-61-33-34-62-111)96-44-88-128(15,16)120-80-72-112-63-35-36-64-112/h21-36,49-64,105-120H,37-48,65-104H2,1-20H3. The van der Waals surface area contributed by atoms with E-state index in [-0.39, 0.29) is 0 Å². The molecular formula is C112H212N8Si13. The average Bonchev–Trinajstić information content (AvgIpc) is 1.43. The van der Waals surface area contributed by atoms with Gasteiger partial charge in [-0.05, 0) is 199 Å². The second kappa shape index (κ2) is 58.9. The molecule has 0 atom stereocenters. The fraction of sp³-hybridized carbons (Fsp3) is 0.714. The van der Waals surface area contributed by atoms with Crippen molar-refractivity contribution in [2.24, 2.45) is 47.3 Å². The lowest BCUT2D eigenvalue weighted by atomic mass is 10.1. The van der Waals surface area contributed by atoms with E-state index in [2.05, 4.69) is 365 Å². The summed E-state index contributed by atoms with van der Waals surface area (Å²) in [7, 11) is -21.3. The molecule has 0 aromatic carbocycles. The van der Waals surface area contributed by atoms with Gasteiger partial charge in [-0.2, -0.15) is 0 Å². The van der Waals surface area contributed by atoms with E-state index in [1.165, 1.54) is 177 Å². The van der Waals surface area contributed by atoms with Gasteiger partial charge in [0.1, 0.15) is 65.9 Å². The average molecular weight is 2040 g/mol. The highest BCUT2D eigenvalue weighted by molar-refractivity contribution is 6.84. The van der Waals surface area contributed by atoms with Gasteiger partial charge >= 0.3 is 0 Å². The van der Waals surface area contributed by atoms with Crippen LogP contribution >= 0.6 is 0 Å². The Morgan fingerprint density at radius 2 is 0.233 bits per heavy atom. The summed E-state index contributed by atoms with van der Waals surface area (Å²) in [6, 6.07) is 36.6. The van der Waals surface area contributed by atoms with Crippen LogP contribution in [0.5, 0.6) is 0 Å². The molecule has 0 amide bonds. The van der Waals surface area contributed by atoms with Crippen LogP contribution in [-0.4, -0.2) is 159 Å². The lowest BCUT2D eigenvalue weighted by Gasteiger charge is -2.39. The van der Waals surface area contributed by atoms with Gasteiger partial charge in [0, 0.05) is 0 Å². The van der Waals surface area contributed by atoms with E-state index in [1.54, 1.807) is 96.7 Å². The zero-order valence-corrected chi connectivity index (χ0v) is 103. The van der Waals surface area contributed by atoms with Crippen LogP contribution in [0.1, 0.15) is 128 Å². The third-order valence-corrected chi connectivity index (χ3v) is 80.7. The van der Waals surface area contributed by atoms with Gasteiger partial charge in [0.2, 0.25) is 0 Å². The van der Waals surface area contributed by atoms with Crippen molar-refractivity contribution in [2.45, 2.75) is 404 Å². The van der Waals surface area contributed by atoms with E-state index in [0.717, 1.165) is 52.4 Å². The molecule has 0 bridgehead atoms. The quantitative estimate of drug-likeness (QED) is 0.0286. The van der Waals surface area contributed by atoms with Crippen LogP contribution in [0.2, 0.25) is 276 Å². The van der Waals surface area contributed by atoms with Crippen molar-refractivity contribution < 1.29 is 0 Å². The molecule has 0 fully saturated rings. The second-order valence-electron chi connectivity index (χ2n) is 51.2. The first-order valence-corrected chi connectivity index (χ1v) is 96.9. The number of hydrogen-bond acceptors (Lipinski definition) is 8. The van der Waals surface area contributed by atoms with Crippen LogP contribution in [0.25, 0.3) is 0 Å². The van der Waals surface area contributed by atoms with Gasteiger partial charge in [-0.15, -0.1) is 0 Å². The second-order valence-corrected chi connectivity index (χ2v) is 114. The maximum Gasteiger partial charge on any atom is 0.119 e. The highest BCUT2D eigenvalue weighted by atomic mass is 28.4. The molecule has 0 spiro atoms. The van der Waals surface area contributed by atoms with Crippen LogP contribution in [0.15, 0.2) is 194 Å². The van der Waals surface area contributed by atoms with Gasteiger partial charge in [0.15, 0.2) is 0 Å². The topological polar surface area (TPSA) is 96.2 Å². The summed E-state index contributed by atoms with van der Waals surface area (Å²) < 4.78 is 0. The van der Waals surface area contributed by atoms with E-state index < -0.39 is 106 Å². The summed E-state index contributed by atoms with van der Waals surface area (Å²) in [4.78, 5) is 34.3. The summed E-state index contributed by atoms with van der Waals surface area (Å²) in [6.45, 7) is 64.4. The zero-order chi connectivity index (χ0) is 96.2. The van der Waals surface area contributed by atoms with Gasteiger partial charge < -0.3 is 39.9 Å². The van der Waals surface area contributed by atoms with E-state index in [9.17, 15) is 0 Å². The lowest BCUT2D eigenvalue weighted by molar-refractivity contribution is 0.687. The van der Waals surface area contributed by atoms with Crippen LogP contribution < -0.4 is 39.9 Å². The lowest BCUT2D eigenvalue weighted by Crippen LogP contribution is -2.46. The van der Waals surface area contributed by atoms with Gasteiger partial charge in [-0.25, -0.2) is 0 Å². The number of nitrogens with one attached hydrogen (secondary N) is 8. The zero-order valence-electron chi connectivity index (χ0n) is 90.4. The molecule has 0 heterocycles. The van der Waals surface area contributed by atoms with Crippen molar-refractivity contribution in [1.82, 2.24) is 39.9 Å². The summed E-state index contributed by atoms with van der Waals surface area (Å²) in [5, 5.41) is 0. The van der Waals surface area contributed by atoms with Gasteiger partial charge in [-0.1, -0.05) is 499 Å². The monoisotopic (exact) mass is 2030 g/mol.